The van der Waals surface area contributed by atoms with Gasteiger partial charge < -0.3 is 4.98 Å². The Morgan fingerprint density at radius 3 is 2.80 bits per heavy atom. The number of hydrogen-bond acceptors (Lipinski definition) is 5. The van der Waals surface area contributed by atoms with Crippen LogP contribution in [0.3, 0.4) is 0 Å². The Morgan fingerprint density at radius 1 is 1.20 bits per heavy atom. The van der Waals surface area contributed by atoms with Gasteiger partial charge in [-0.1, -0.05) is 11.6 Å². The fourth-order valence-electron chi connectivity index (χ4n) is 1.71. The number of aromatic amines is 1. The normalized spacial score (nSPS) is 11.7. The number of pyridine rings is 1. The van der Waals surface area contributed by atoms with E-state index in [1.54, 1.807) is 18.3 Å². The first-order valence-electron chi connectivity index (χ1n) is 5.49. The van der Waals surface area contributed by atoms with Crippen LogP contribution in [0, 0.1) is 0 Å². The minimum atomic E-state index is -3.78. The highest BCUT2D eigenvalue weighted by Crippen LogP contribution is 2.22. The predicted octanol–water partition coefficient (Wildman–Crippen LogP) is 1.81. The zero-order chi connectivity index (χ0) is 14.2. The first kappa shape index (κ1) is 12.8. The monoisotopic (exact) mass is 309 g/mol. The van der Waals surface area contributed by atoms with Crippen molar-refractivity contribution in [1.29, 1.82) is 0 Å². The number of halogens is 1. The van der Waals surface area contributed by atoms with Crippen molar-refractivity contribution in [3.8, 4) is 0 Å². The Balaban J connectivity index is 2.01. The minimum absolute atomic E-state index is 0.0904. The molecule has 0 amide bonds. The van der Waals surface area contributed by atoms with Crippen LogP contribution < -0.4 is 4.72 Å². The Kier molecular flexibility index (Phi) is 3.03. The molecule has 3 rings (SSSR count). The molecule has 3 aromatic heterocycles. The number of hydrogen-bond donors (Lipinski definition) is 2. The second-order valence-corrected chi connectivity index (χ2v) is 5.92. The molecule has 0 spiro atoms. The maximum absolute atomic E-state index is 12.3. The van der Waals surface area contributed by atoms with E-state index in [1.807, 2.05) is 0 Å². The van der Waals surface area contributed by atoms with Gasteiger partial charge in [0.1, 0.15) is 15.7 Å². The van der Waals surface area contributed by atoms with Gasteiger partial charge in [-0.2, -0.15) is 0 Å². The number of rotatable bonds is 3. The molecule has 0 aliphatic heterocycles. The molecular weight excluding hydrogens is 302 g/mol. The van der Waals surface area contributed by atoms with Gasteiger partial charge in [-0.15, -0.1) is 0 Å². The highest BCUT2D eigenvalue weighted by Gasteiger charge is 2.20. The number of anilines is 1. The molecule has 0 aromatic carbocycles. The predicted molar refractivity (Wildman–Crippen MR) is 73.9 cm³/mol. The third kappa shape index (κ3) is 2.30. The summed E-state index contributed by atoms with van der Waals surface area (Å²) in [7, 11) is -3.78. The molecule has 2 N–H and O–H groups in total. The van der Waals surface area contributed by atoms with Crippen LogP contribution >= 0.6 is 11.6 Å². The van der Waals surface area contributed by atoms with Crippen LogP contribution in [-0.4, -0.2) is 28.4 Å². The van der Waals surface area contributed by atoms with Crippen molar-refractivity contribution in [1.82, 2.24) is 19.9 Å². The van der Waals surface area contributed by atoms with Crippen molar-refractivity contribution in [3.05, 3.63) is 42.1 Å². The van der Waals surface area contributed by atoms with Crippen molar-refractivity contribution < 1.29 is 8.42 Å². The van der Waals surface area contributed by atoms with Crippen LogP contribution in [0.15, 0.2) is 41.8 Å². The molecule has 0 bridgehead atoms. The van der Waals surface area contributed by atoms with Crippen LogP contribution in [0.1, 0.15) is 0 Å². The van der Waals surface area contributed by atoms with E-state index in [1.165, 1.54) is 18.6 Å². The highest BCUT2D eigenvalue weighted by atomic mass is 35.5. The summed E-state index contributed by atoms with van der Waals surface area (Å²) in [6.45, 7) is 0. The van der Waals surface area contributed by atoms with E-state index < -0.39 is 10.0 Å². The molecule has 0 fully saturated rings. The Bertz CT molecular complexity index is 860. The molecule has 3 aromatic rings. The van der Waals surface area contributed by atoms with Gasteiger partial charge >= 0.3 is 0 Å². The van der Waals surface area contributed by atoms with E-state index in [0.29, 0.717) is 11.0 Å². The average molecular weight is 310 g/mol. The summed E-state index contributed by atoms with van der Waals surface area (Å²) in [6.07, 6.45) is 5.46. The molecule has 0 radical (unpaired) electrons. The molecule has 3 heterocycles. The van der Waals surface area contributed by atoms with E-state index in [-0.39, 0.29) is 15.9 Å². The topological polar surface area (TPSA) is 101 Å². The zero-order valence-electron chi connectivity index (χ0n) is 9.91. The molecule has 0 unspecified atom stereocenters. The second kappa shape index (κ2) is 4.73. The number of sulfonamides is 1. The summed E-state index contributed by atoms with van der Waals surface area (Å²) in [6, 6.07) is 3.33. The van der Waals surface area contributed by atoms with Gasteiger partial charge in [0.2, 0.25) is 0 Å². The lowest BCUT2D eigenvalue weighted by Gasteiger charge is -2.05. The van der Waals surface area contributed by atoms with Crippen molar-refractivity contribution in [3.63, 3.8) is 0 Å². The number of nitrogens with one attached hydrogen (secondary N) is 2. The van der Waals surface area contributed by atoms with E-state index in [0.717, 1.165) is 0 Å². The van der Waals surface area contributed by atoms with Crippen molar-refractivity contribution >= 4 is 38.5 Å². The summed E-state index contributed by atoms with van der Waals surface area (Å²) in [5.74, 6) is 0.0904. The van der Waals surface area contributed by atoms with Gasteiger partial charge in [-0.25, -0.2) is 23.4 Å². The third-order valence-electron chi connectivity index (χ3n) is 2.56. The average Bonchev–Trinajstić information content (AvgIpc) is 2.86. The fraction of sp³-hybridized carbons (Fsp3) is 0. The van der Waals surface area contributed by atoms with Crippen molar-refractivity contribution in [2.45, 2.75) is 4.90 Å². The molecule has 102 valence electrons. The quantitative estimate of drug-likeness (QED) is 0.768. The number of fused-ring (bicyclic) bond motifs is 1. The SMILES string of the molecule is O=S(=O)(Nc1cnc(Cl)cn1)c1c[nH]c2ncccc12. The van der Waals surface area contributed by atoms with E-state index >= 15 is 0 Å². The van der Waals surface area contributed by atoms with Crippen LogP contribution in [0.5, 0.6) is 0 Å². The molecule has 0 saturated heterocycles. The summed E-state index contributed by atoms with van der Waals surface area (Å²) >= 11 is 5.60. The largest absolute Gasteiger partial charge is 0.345 e. The van der Waals surface area contributed by atoms with E-state index in [9.17, 15) is 8.42 Å². The number of H-pyrrole nitrogens is 1. The summed E-state index contributed by atoms with van der Waals surface area (Å²) in [4.78, 5) is 14.5. The second-order valence-electron chi connectivity index (χ2n) is 3.88. The zero-order valence-corrected chi connectivity index (χ0v) is 11.5. The minimum Gasteiger partial charge on any atom is -0.345 e. The smallest absolute Gasteiger partial charge is 0.265 e. The van der Waals surface area contributed by atoms with Crippen molar-refractivity contribution in [2.24, 2.45) is 0 Å². The highest BCUT2D eigenvalue weighted by molar-refractivity contribution is 7.93. The molecule has 7 nitrogen and oxygen atoms in total. The lowest BCUT2D eigenvalue weighted by molar-refractivity contribution is 0.602. The number of aromatic nitrogens is 4. The van der Waals surface area contributed by atoms with Crippen LogP contribution in [0.4, 0.5) is 5.82 Å². The van der Waals surface area contributed by atoms with Crippen LogP contribution in [-0.2, 0) is 10.0 Å². The first-order chi connectivity index (χ1) is 9.56. The first-order valence-corrected chi connectivity index (χ1v) is 7.35. The molecular formula is C11H8ClN5O2S. The Morgan fingerprint density at radius 2 is 2.05 bits per heavy atom. The molecule has 0 aliphatic carbocycles. The summed E-state index contributed by atoms with van der Waals surface area (Å²) in [5, 5.41) is 0.686. The fourth-order valence-corrected chi connectivity index (χ4v) is 2.97. The summed E-state index contributed by atoms with van der Waals surface area (Å²) < 4.78 is 26.9. The van der Waals surface area contributed by atoms with Gasteiger partial charge in [-0.05, 0) is 12.1 Å². The van der Waals surface area contributed by atoms with Gasteiger partial charge in [-0.3, -0.25) is 4.72 Å². The lowest BCUT2D eigenvalue weighted by atomic mass is 10.3. The van der Waals surface area contributed by atoms with E-state index in [4.69, 9.17) is 11.6 Å². The third-order valence-corrected chi connectivity index (χ3v) is 4.15. The van der Waals surface area contributed by atoms with Crippen LogP contribution in [0.25, 0.3) is 11.0 Å². The Hall–Kier alpha value is -2.19. The van der Waals surface area contributed by atoms with Gasteiger partial charge in [0.25, 0.3) is 10.0 Å². The van der Waals surface area contributed by atoms with Gasteiger partial charge in [0, 0.05) is 17.8 Å². The van der Waals surface area contributed by atoms with Gasteiger partial charge in [0.15, 0.2) is 5.82 Å². The standard InChI is InChI=1S/C11H8ClN5O2S/c12-9-5-15-10(6-14-9)17-20(18,19)8-4-16-11-7(8)2-1-3-13-11/h1-6H,(H,13,16)(H,15,17). The lowest BCUT2D eigenvalue weighted by Crippen LogP contribution is -2.13. The van der Waals surface area contributed by atoms with Gasteiger partial charge in [0.05, 0.1) is 12.4 Å². The maximum atomic E-state index is 12.3. The Labute approximate surface area is 119 Å². The summed E-state index contributed by atoms with van der Waals surface area (Å²) in [5.41, 5.74) is 0.495. The molecule has 0 aliphatic rings. The molecule has 20 heavy (non-hydrogen) atoms. The maximum Gasteiger partial charge on any atom is 0.265 e. The van der Waals surface area contributed by atoms with Crippen molar-refractivity contribution in [2.75, 3.05) is 4.72 Å². The van der Waals surface area contributed by atoms with E-state index in [2.05, 4.69) is 24.7 Å². The molecule has 0 atom stereocenters. The molecule has 9 heteroatoms. The molecule has 0 saturated carbocycles. The number of nitrogens with zero attached hydrogens (tertiary/aromatic N) is 3. The van der Waals surface area contributed by atoms with Crippen LogP contribution in [0.2, 0.25) is 5.15 Å².